The Bertz CT molecular complexity index is 868. The topological polar surface area (TPSA) is 82.1 Å². The molecule has 1 aliphatic heterocycles. The molecule has 0 unspecified atom stereocenters. The third-order valence-electron chi connectivity index (χ3n) is 4.70. The molecule has 0 N–H and O–H groups in total. The maximum atomic E-state index is 12.6. The van der Waals surface area contributed by atoms with Crippen molar-refractivity contribution in [3.05, 3.63) is 27.2 Å². The zero-order valence-corrected chi connectivity index (χ0v) is 14.2. The van der Waals surface area contributed by atoms with Crippen molar-refractivity contribution in [3.63, 3.8) is 0 Å². The van der Waals surface area contributed by atoms with Crippen molar-refractivity contribution in [1.29, 1.82) is 0 Å². The fraction of sp³-hybridized carbons (Fsp3) is 0.625. The molecule has 0 atom stereocenters. The van der Waals surface area contributed by atoms with Gasteiger partial charge in [-0.05, 0) is 12.8 Å². The highest BCUT2D eigenvalue weighted by Gasteiger charge is 2.20. The van der Waals surface area contributed by atoms with E-state index in [2.05, 4.69) is 4.98 Å². The molecule has 0 aromatic carbocycles. The van der Waals surface area contributed by atoms with Crippen LogP contribution in [0.4, 0.5) is 0 Å². The zero-order chi connectivity index (χ0) is 17.3. The van der Waals surface area contributed by atoms with Gasteiger partial charge in [0.05, 0.1) is 6.33 Å². The first-order valence-electron chi connectivity index (χ1n) is 8.39. The fourth-order valence-corrected chi connectivity index (χ4v) is 3.27. The Morgan fingerprint density at radius 2 is 1.71 bits per heavy atom. The van der Waals surface area contributed by atoms with Crippen LogP contribution >= 0.6 is 0 Å². The van der Waals surface area contributed by atoms with Crippen LogP contribution in [0.1, 0.15) is 32.1 Å². The lowest BCUT2D eigenvalue weighted by Gasteiger charge is -2.25. The number of hydrogen-bond donors (Lipinski definition) is 0. The van der Waals surface area contributed by atoms with E-state index in [4.69, 9.17) is 0 Å². The monoisotopic (exact) mass is 333 g/mol. The first kappa shape index (κ1) is 16.5. The van der Waals surface area contributed by atoms with E-state index in [0.717, 1.165) is 30.3 Å². The Hall–Kier alpha value is -2.38. The first-order valence-corrected chi connectivity index (χ1v) is 8.39. The molecular formula is C16H23N5O3. The van der Waals surface area contributed by atoms with Gasteiger partial charge < -0.3 is 9.47 Å². The van der Waals surface area contributed by atoms with Crippen LogP contribution in [-0.2, 0) is 25.4 Å². The molecule has 0 radical (unpaired) electrons. The number of carbonyl (C=O) groups excluding carboxylic acids is 1. The number of likely N-dealkylation sites (tertiary alicyclic amines) is 1. The minimum Gasteiger partial charge on any atom is -0.341 e. The van der Waals surface area contributed by atoms with Crippen LogP contribution in [-0.4, -0.2) is 42.6 Å². The lowest BCUT2D eigenvalue weighted by Crippen LogP contribution is -2.45. The van der Waals surface area contributed by atoms with E-state index in [9.17, 15) is 14.4 Å². The molecule has 0 bridgehead atoms. The summed E-state index contributed by atoms with van der Waals surface area (Å²) in [7, 11) is 3.26. The summed E-state index contributed by atoms with van der Waals surface area (Å²) < 4.78 is 3.91. The smallest absolute Gasteiger partial charge is 0.332 e. The summed E-state index contributed by atoms with van der Waals surface area (Å²) >= 11 is 0. The van der Waals surface area contributed by atoms with Crippen LogP contribution in [0.2, 0.25) is 0 Å². The van der Waals surface area contributed by atoms with Gasteiger partial charge in [-0.15, -0.1) is 0 Å². The number of nitrogens with zero attached hydrogens (tertiary/aromatic N) is 5. The molecule has 1 saturated heterocycles. The fourth-order valence-electron chi connectivity index (χ4n) is 3.27. The molecule has 1 aliphatic rings. The number of imidazole rings is 1. The summed E-state index contributed by atoms with van der Waals surface area (Å²) in [4.78, 5) is 43.6. The summed E-state index contributed by atoms with van der Waals surface area (Å²) in [6.45, 7) is 1.18. The lowest BCUT2D eigenvalue weighted by atomic mass is 10.1. The normalized spacial score (nSPS) is 16.2. The van der Waals surface area contributed by atoms with Gasteiger partial charge >= 0.3 is 5.69 Å². The Morgan fingerprint density at radius 1 is 1.08 bits per heavy atom. The molecular weight excluding hydrogens is 310 g/mol. The molecule has 3 rings (SSSR count). The standard InChI is InChI=1S/C16H23N5O3/c1-18-11-17-14-13(18)15(23)21(16(24)19(14)2)10-12(22)20-8-6-4-3-5-7-9-20/h11H,3-10H2,1-2H3. The maximum Gasteiger partial charge on any atom is 0.332 e. The second-order valence-corrected chi connectivity index (χ2v) is 6.41. The van der Waals surface area contributed by atoms with Crippen molar-refractivity contribution < 1.29 is 4.79 Å². The Labute approximate surface area is 139 Å². The number of rotatable bonds is 2. The second kappa shape index (κ2) is 6.62. The van der Waals surface area contributed by atoms with Crippen molar-refractivity contribution in [1.82, 2.24) is 23.6 Å². The number of aromatic nitrogens is 4. The molecule has 24 heavy (non-hydrogen) atoms. The van der Waals surface area contributed by atoms with Gasteiger partial charge in [0.2, 0.25) is 5.91 Å². The van der Waals surface area contributed by atoms with Crippen LogP contribution in [0.3, 0.4) is 0 Å². The highest BCUT2D eigenvalue weighted by atomic mass is 16.2. The molecule has 8 heteroatoms. The van der Waals surface area contributed by atoms with E-state index in [1.807, 2.05) is 0 Å². The van der Waals surface area contributed by atoms with E-state index in [-0.39, 0.29) is 12.5 Å². The molecule has 1 fully saturated rings. The Morgan fingerprint density at radius 3 is 2.38 bits per heavy atom. The van der Waals surface area contributed by atoms with Crippen molar-refractivity contribution in [2.24, 2.45) is 14.1 Å². The van der Waals surface area contributed by atoms with Gasteiger partial charge in [-0.1, -0.05) is 19.3 Å². The number of aryl methyl sites for hydroxylation is 2. The predicted octanol–water partition coefficient (Wildman–Crippen LogP) is 0.226. The summed E-state index contributed by atoms with van der Waals surface area (Å²) in [6.07, 6.45) is 6.88. The third-order valence-corrected chi connectivity index (χ3v) is 4.70. The number of carbonyl (C=O) groups is 1. The van der Waals surface area contributed by atoms with E-state index >= 15 is 0 Å². The molecule has 0 spiro atoms. The lowest BCUT2D eigenvalue weighted by molar-refractivity contribution is -0.132. The predicted molar refractivity (Wildman–Crippen MR) is 89.9 cm³/mol. The van der Waals surface area contributed by atoms with E-state index in [1.165, 1.54) is 17.3 Å². The van der Waals surface area contributed by atoms with Gasteiger partial charge in [0.15, 0.2) is 11.2 Å². The third kappa shape index (κ3) is 2.88. The van der Waals surface area contributed by atoms with Gasteiger partial charge in [0, 0.05) is 27.2 Å². The zero-order valence-electron chi connectivity index (χ0n) is 14.2. The van der Waals surface area contributed by atoms with Gasteiger partial charge in [-0.25, -0.2) is 14.3 Å². The number of amides is 1. The molecule has 1 amide bonds. The average molecular weight is 333 g/mol. The van der Waals surface area contributed by atoms with E-state index < -0.39 is 11.2 Å². The molecule has 2 aromatic rings. The SMILES string of the molecule is Cn1cnc2c1c(=O)n(CC(=O)N1CCCCCCC1)c(=O)n2C. The molecule has 0 aliphatic carbocycles. The summed E-state index contributed by atoms with van der Waals surface area (Å²) in [5, 5.41) is 0. The Kier molecular flexibility index (Phi) is 4.55. The van der Waals surface area contributed by atoms with Crippen molar-refractivity contribution in [3.8, 4) is 0 Å². The highest BCUT2D eigenvalue weighted by molar-refractivity contribution is 5.76. The van der Waals surface area contributed by atoms with Crippen LogP contribution in [0.15, 0.2) is 15.9 Å². The summed E-state index contributed by atoms with van der Waals surface area (Å²) in [5.74, 6) is -0.169. The Balaban J connectivity index is 1.94. The molecule has 2 aromatic heterocycles. The van der Waals surface area contributed by atoms with Crippen molar-refractivity contribution in [2.75, 3.05) is 13.1 Å². The summed E-state index contributed by atoms with van der Waals surface area (Å²) in [5.41, 5.74) is -0.305. The van der Waals surface area contributed by atoms with Crippen molar-refractivity contribution in [2.45, 2.75) is 38.6 Å². The van der Waals surface area contributed by atoms with Crippen LogP contribution in [0.5, 0.6) is 0 Å². The minimum absolute atomic E-state index is 0.169. The minimum atomic E-state index is -0.508. The molecule has 0 saturated carbocycles. The van der Waals surface area contributed by atoms with Gasteiger partial charge in [0.25, 0.3) is 5.56 Å². The molecule has 130 valence electrons. The van der Waals surface area contributed by atoms with Crippen LogP contribution in [0, 0.1) is 0 Å². The van der Waals surface area contributed by atoms with Crippen molar-refractivity contribution >= 4 is 17.1 Å². The summed E-state index contributed by atoms with van der Waals surface area (Å²) in [6, 6.07) is 0. The number of fused-ring (bicyclic) bond motifs is 1. The van der Waals surface area contributed by atoms with Gasteiger partial charge in [-0.3, -0.25) is 14.2 Å². The van der Waals surface area contributed by atoms with Gasteiger partial charge in [-0.2, -0.15) is 0 Å². The van der Waals surface area contributed by atoms with E-state index in [1.54, 1.807) is 23.6 Å². The quantitative estimate of drug-likeness (QED) is 0.787. The molecule has 3 heterocycles. The average Bonchev–Trinajstić information content (AvgIpc) is 2.91. The highest BCUT2D eigenvalue weighted by Crippen LogP contribution is 2.11. The second-order valence-electron chi connectivity index (χ2n) is 6.41. The number of hydrogen-bond acceptors (Lipinski definition) is 4. The van der Waals surface area contributed by atoms with E-state index in [0.29, 0.717) is 24.3 Å². The largest absolute Gasteiger partial charge is 0.341 e. The van der Waals surface area contributed by atoms with Crippen LogP contribution in [0.25, 0.3) is 11.2 Å². The first-order chi connectivity index (χ1) is 11.5. The molecule has 8 nitrogen and oxygen atoms in total. The van der Waals surface area contributed by atoms with Crippen LogP contribution < -0.4 is 11.2 Å². The van der Waals surface area contributed by atoms with Gasteiger partial charge in [0.1, 0.15) is 6.54 Å². The maximum absolute atomic E-state index is 12.6.